The molecule has 0 saturated carbocycles. The van der Waals surface area contributed by atoms with Gasteiger partial charge in [0.2, 0.25) is 0 Å². The topological polar surface area (TPSA) is 107 Å². The number of ether oxygens (including phenoxy) is 1. The zero-order valence-corrected chi connectivity index (χ0v) is 20.2. The lowest BCUT2D eigenvalue weighted by Gasteiger charge is -2.11. The molecule has 0 aromatic heterocycles. The quantitative estimate of drug-likeness (QED) is 0.0896. The third-order valence-electron chi connectivity index (χ3n) is 5.66. The van der Waals surface area contributed by atoms with Crippen LogP contribution in [0.25, 0.3) is 0 Å². The van der Waals surface area contributed by atoms with Crippen LogP contribution in [-0.4, -0.2) is 22.5 Å². The number of hydrogen-bond acceptors (Lipinski definition) is 6. The number of phenols is 1. The van der Waals surface area contributed by atoms with Gasteiger partial charge in [-0.3, -0.25) is 9.79 Å². The van der Waals surface area contributed by atoms with E-state index in [0.717, 1.165) is 19.3 Å². The highest BCUT2D eigenvalue weighted by Gasteiger charge is 2.08. The van der Waals surface area contributed by atoms with Crippen molar-refractivity contribution in [3.8, 4) is 11.5 Å². The van der Waals surface area contributed by atoms with E-state index >= 15 is 0 Å². The van der Waals surface area contributed by atoms with Gasteiger partial charge in [0.05, 0.1) is 5.69 Å². The SMILES string of the molecule is CCCCCCCCCCCCCC(=O)Oc1ccc(C=Nc2cccc([NH+]([O-])O)c2)c(O)c1. The lowest BCUT2D eigenvalue weighted by molar-refractivity contribution is -0.991. The van der Waals surface area contributed by atoms with Crippen molar-refractivity contribution in [2.75, 3.05) is 0 Å². The number of carbonyl (C=O) groups excluding carboxylic acids is 1. The molecule has 0 spiro atoms. The van der Waals surface area contributed by atoms with E-state index in [1.54, 1.807) is 24.3 Å². The second-order valence-electron chi connectivity index (χ2n) is 8.59. The summed E-state index contributed by atoms with van der Waals surface area (Å²) < 4.78 is 5.34. The minimum Gasteiger partial charge on any atom is -0.595 e. The highest BCUT2D eigenvalue weighted by atomic mass is 16.8. The van der Waals surface area contributed by atoms with Gasteiger partial charge >= 0.3 is 5.97 Å². The number of phenolic OH excluding ortho intramolecular Hbond substituents is 1. The fourth-order valence-corrected chi connectivity index (χ4v) is 3.68. The van der Waals surface area contributed by atoms with Crippen LogP contribution in [0.2, 0.25) is 0 Å². The molecule has 2 aromatic carbocycles. The van der Waals surface area contributed by atoms with Gasteiger partial charge in [0, 0.05) is 36.4 Å². The molecule has 1 atom stereocenters. The molecule has 2 rings (SSSR count). The van der Waals surface area contributed by atoms with Crippen molar-refractivity contribution in [1.29, 1.82) is 0 Å². The van der Waals surface area contributed by atoms with E-state index in [9.17, 15) is 15.1 Å². The molecule has 0 amide bonds. The van der Waals surface area contributed by atoms with Crippen LogP contribution in [-0.2, 0) is 4.79 Å². The van der Waals surface area contributed by atoms with Gasteiger partial charge in [0.15, 0.2) is 5.69 Å². The van der Waals surface area contributed by atoms with Crippen molar-refractivity contribution in [1.82, 2.24) is 0 Å². The Labute approximate surface area is 202 Å². The highest BCUT2D eigenvalue weighted by Crippen LogP contribution is 2.24. The molecule has 3 N–H and O–H groups in total. The molecule has 0 heterocycles. The molecular formula is C27H38N2O5. The second-order valence-corrected chi connectivity index (χ2v) is 8.59. The van der Waals surface area contributed by atoms with Gasteiger partial charge < -0.3 is 15.1 Å². The zero-order valence-electron chi connectivity index (χ0n) is 20.2. The standard InChI is InChI=1S/C27H38N2O5/c1-2-3-4-5-6-7-8-9-10-11-12-16-27(31)34-25-18-17-22(26(30)20-25)21-28-23-14-13-15-24(19-23)29(32)33/h13-15,17-21,29-30,32H,2-12,16H2,1H3. The lowest BCUT2D eigenvalue weighted by Crippen LogP contribution is -2.99. The maximum atomic E-state index is 12.1. The Morgan fingerprint density at radius 3 is 2.24 bits per heavy atom. The van der Waals surface area contributed by atoms with Crippen LogP contribution in [0.1, 0.15) is 89.5 Å². The summed E-state index contributed by atoms with van der Waals surface area (Å²) in [5.41, 5.74) is 1.03. The molecule has 0 bridgehead atoms. The first-order valence-corrected chi connectivity index (χ1v) is 12.4. The molecule has 2 aromatic rings. The number of aliphatic imine (C=N–C) groups is 1. The number of benzene rings is 2. The molecule has 7 heteroatoms. The van der Waals surface area contributed by atoms with Gasteiger partial charge in [0.1, 0.15) is 11.5 Å². The molecule has 0 aliphatic heterocycles. The average molecular weight is 471 g/mol. The number of hydrogen-bond donors (Lipinski definition) is 3. The summed E-state index contributed by atoms with van der Waals surface area (Å²) >= 11 is 0. The Bertz CT molecular complexity index is 898. The Kier molecular flexibility index (Phi) is 12.9. The van der Waals surface area contributed by atoms with E-state index in [0.29, 0.717) is 17.7 Å². The fourth-order valence-electron chi connectivity index (χ4n) is 3.68. The van der Waals surface area contributed by atoms with Crippen LogP contribution >= 0.6 is 0 Å². The smallest absolute Gasteiger partial charge is 0.311 e. The Hall–Kier alpha value is -2.74. The summed E-state index contributed by atoms with van der Waals surface area (Å²) in [5.74, 6) is -0.0871. The third kappa shape index (κ3) is 10.9. The molecule has 0 saturated heterocycles. The fraction of sp³-hybridized carbons (Fsp3) is 0.481. The van der Waals surface area contributed by atoms with E-state index in [1.807, 2.05) is 0 Å². The summed E-state index contributed by atoms with van der Waals surface area (Å²) in [6, 6.07) is 10.8. The Balaban J connectivity index is 1.67. The van der Waals surface area contributed by atoms with Crippen molar-refractivity contribution in [2.24, 2.45) is 4.99 Å². The first-order chi connectivity index (χ1) is 16.5. The predicted octanol–water partition coefficient (Wildman–Crippen LogP) is 6.15. The molecule has 0 radical (unpaired) electrons. The van der Waals surface area contributed by atoms with Crippen LogP contribution < -0.4 is 9.96 Å². The minimum atomic E-state index is -1.03. The number of unbranched alkanes of at least 4 members (excludes halogenated alkanes) is 10. The molecule has 0 fully saturated rings. The number of esters is 1. The molecule has 0 aliphatic rings. The van der Waals surface area contributed by atoms with Gasteiger partial charge in [-0.05, 0) is 24.6 Å². The Morgan fingerprint density at radius 2 is 1.62 bits per heavy atom. The largest absolute Gasteiger partial charge is 0.595 e. The van der Waals surface area contributed by atoms with Gasteiger partial charge in [0.25, 0.3) is 0 Å². The lowest BCUT2D eigenvalue weighted by atomic mass is 10.1. The van der Waals surface area contributed by atoms with Gasteiger partial charge in [-0.2, -0.15) is 5.23 Å². The maximum absolute atomic E-state index is 12.1. The maximum Gasteiger partial charge on any atom is 0.311 e. The zero-order chi connectivity index (χ0) is 24.6. The Morgan fingerprint density at radius 1 is 0.971 bits per heavy atom. The van der Waals surface area contributed by atoms with Crippen molar-refractivity contribution in [3.05, 3.63) is 53.2 Å². The molecule has 1 unspecified atom stereocenters. The van der Waals surface area contributed by atoms with E-state index < -0.39 is 5.23 Å². The summed E-state index contributed by atoms with van der Waals surface area (Å²) in [5, 5.41) is 29.3. The number of carbonyl (C=O) groups is 1. The van der Waals surface area contributed by atoms with Gasteiger partial charge in [-0.25, -0.2) is 5.21 Å². The molecule has 34 heavy (non-hydrogen) atoms. The number of quaternary nitrogens is 1. The molecule has 7 nitrogen and oxygen atoms in total. The van der Waals surface area contributed by atoms with Crippen LogP contribution in [0.4, 0.5) is 11.4 Å². The molecular weight excluding hydrogens is 432 g/mol. The minimum absolute atomic E-state index is 0.0712. The summed E-state index contributed by atoms with van der Waals surface area (Å²) in [4.78, 5) is 16.3. The number of aromatic hydroxyl groups is 1. The number of nitrogens with one attached hydrogen (secondary N) is 1. The average Bonchev–Trinajstić information content (AvgIpc) is 2.82. The summed E-state index contributed by atoms with van der Waals surface area (Å²) in [6.45, 7) is 2.24. The summed E-state index contributed by atoms with van der Waals surface area (Å²) in [7, 11) is 0. The van der Waals surface area contributed by atoms with Crippen molar-refractivity contribution >= 4 is 23.6 Å². The van der Waals surface area contributed by atoms with Crippen molar-refractivity contribution < 1.29 is 25.1 Å². The van der Waals surface area contributed by atoms with E-state index in [2.05, 4.69) is 11.9 Å². The first kappa shape index (κ1) is 27.5. The predicted molar refractivity (Wildman–Crippen MR) is 134 cm³/mol. The van der Waals surface area contributed by atoms with Gasteiger partial charge in [-0.15, -0.1) is 0 Å². The van der Waals surface area contributed by atoms with Crippen LogP contribution in [0.3, 0.4) is 0 Å². The van der Waals surface area contributed by atoms with Crippen molar-refractivity contribution in [3.63, 3.8) is 0 Å². The van der Waals surface area contributed by atoms with Crippen LogP contribution in [0.5, 0.6) is 11.5 Å². The van der Waals surface area contributed by atoms with Gasteiger partial charge in [-0.1, -0.05) is 77.2 Å². The molecule has 186 valence electrons. The van der Waals surface area contributed by atoms with E-state index in [-0.39, 0.29) is 23.2 Å². The number of rotatable bonds is 16. The van der Waals surface area contributed by atoms with E-state index in [4.69, 9.17) is 9.94 Å². The first-order valence-electron chi connectivity index (χ1n) is 12.4. The number of nitrogens with zero attached hydrogens (tertiary/aromatic N) is 1. The third-order valence-corrected chi connectivity index (χ3v) is 5.66. The van der Waals surface area contributed by atoms with Crippen LogP contribution in [0, 0.1) is 5.21 Å². The van der Waals surface area contributed by atoms with Crippen LogP contribution in [0.15, 0.2) is 47.5 Å². The summed E-state index contributed by atoms with van der Waals surface area (Å²) in [6.07, 6.45) is 15.3. The normalized spacial score (nSPS) is 12.2. The highest BCUT2D eigenvalue weighted by molar-refractivity contribution is 5.86. The second kappa shape index (κ2) is 16.0. The monoisotopic (exact) mass is 470 g/mol. The van der Waals surface area contributed by atoms with Crippen molar-refractivity contribution in [2.45, 2.75) is 84.0 Å². The molecule has 0 aliphatic carbocycles. The van der Waals surface area contributed by atoms with E-state index in [1.165, 1.54) is 75.8 Å².